The molecule has 0 aliphatic heterocycles. The Bertz CT molecular complexity index is 208. The standard InChI is InChI=1S/C14H28O5/c1-2-3-4-5-6-7-8-9-10-13(11-12-18-16)14(15)19-17/h13,16-17H,2-12H2,1H3. The third-order valence-electron chi connectivity index (χ3n) is 3.39. The highest BCUT2D eigenvalue weighted by Gasteiger charge is 2.19. The fraction of sp³-hybridized carbons (Fsp3) is 0.929. The molecule has 1 unspecified atom stereocenters. The van der Waals surface area contributed by atoms with Gasteiger partial charge >= 0.3 is 5.97 Å². The van der Waals surface area contributed by atoms with E-state index in [0.717, 1.165) is 12.8 Å². The van der Waals surface area contributed by atoms with Gasteiger partial charge in [-0.3, -0.25) is 5.26 Å². The van der Waals surface area contributed by atoms with Crippen LogP contribution in [0, 0.1) is 5.92 Å². The van der Waals surface area contributed by atoms with Crippen LogP contribution in [-0.2, 0) is 14.6 Å². The van der Waals surface area contributed by atoms with E-state index in [1.807, 2.05) is 0 Å². The zero-order valence-corrected chi connectivity index (χ0v) is 12.0. The maximum Gasteiger partial charge on any atom is 0.345 e. The molecule has 0 heterocycles. The molecule has 0 aliphatic rings. The van der Waals surface area contributed by atoms with Crippen LogP contribution < -0.4 is 0 Å². The smallest absolute Gasteiger partial charge is 0.301 e. The van der Waals surface area contributed by atoms with Crippen LogP contribution in [0.5, 0.6) is 0 Å². The number of unbranched alkanes of at least 4 members (excludes halogenated alkanes) is 7. The van der Waals surface area contributed by atoms with E-state index >= 15 is 0 Å². The van der Waals surface area contributed by atoms with Gasteiger partial charge in [-0.1, -0.05) is 58.3 Å². The molecule has 1 atom stereocenters. The van der Waals surface area contributed by atoms with Gasteiger partial charge in [0.05, 0.1) is 12.5 Å². The largest absolute Gasteiger partial charge is 0.345 e. The van der Waals surface area contributed by atoms with Crippen LogP contribution in [0.4, 0.5) is 0 Å². The zero-order valence-electron chi connectivity index (χ0n) is 12.0. The van der Waals surface area contributed by atoms with Gasteiger partial charge in [0, 0.05) is 0 Å². The third-order valence-corrected chi connectivity index (χ3v) is 3.39. The molecular formula is C14H28O5. The highest BCUT2D eigenvalue weighted by molar-refractivity contribution is 5.71. The van der Waals surface area contributed by atoms with Gasteiger partial charge in [-0.05, 0) is 12.8 Å². The van der Waals surface area contributed by atoms with Crippen molar-refractivity contribution in [2.45, 2.75) is 71.1 Å². The lowest BCUT2D eigenvalue weighted by Gasteiger charge is -2.12. The maximum absolute atomic E-state index is 11.2. The Morgan fingerprint density at radius 2 is 1.53 bits per heavy atom. The fourth-order valence-corrected chi connectivity index (χ4v) is 2.17. The average molecular weight is 276 g/mol. The molecule has 0 saturated carbocycles. The molecule has 0 aliphatic carbocycles. The number of hydrogen-bond acceptors (Lipinski definition) is 5. The average Bonchev–Trinajstić information content (AvgIpc) is 2.44. The van der Waals surface area contributed by atoms with Gasteiger partial charge < -0.3 is 4.89 Å². The lowest BCUT2D eigenvalue weighted by Crippen LogP contribution is -2.18. The van der Waals surface area contributed by atoms with Gasteiger partial charge in [-0.15, -0.1) is 0 Å². The van der Waals surface area contributed by atoms with E-state index in [-0.39, 0.29) is 6.61 Å². The van der Waals surface area contributed by atoms with Gasteiger partial charge in [-0.25, -0.2) is 9.68 Å². The lowest BCUT2D eigenvalue weighted by atomic mass is 9.97. The van der Waals surface area contributed by atoms with Crippen molar-refractivity contribution in [3.8, 4) is 0 Å². The second kappa shape index (κ2) is 13.8. The first-order chi connectivity index (χ1) is 9.26. The van der Waals surface area contributed by atoms with Crippen molar-refractivity contribution in [2.24, 2.45) is 5.92 Å². The second-order valence-corrected chi connectivity index (χ2v) is 4.99. The van der Waals surface area contributed by atoms with Crippen LogP contribution in [-0.4, -0.2) is 23.1 Å². The number of rotatable bonds is 13. The van der Waals surface area contributed by atoms with E-state index in [9.17, 15) is 4.79 Å². The molecule has 0 radical (unpaired) electrons. The first kappa shape index (κ1) is 18.4. The van der Waals surface area contributed by atoms with Crippen LogP contribution in [0.3, 0.4) is 0 Å². The summed E-state index contributed by atoms with van der Waals surface area (Å²) in [6, 6.07) is 0. The predicted molar refractivity (Wildman–Crippen MR) is 72.6 cm³/mol. The molecule has 0 rings (SSSR count). The van der Waals surface area contributed by atoms with Crippen molar-refractivity contribution in [1.29, 1.82) is 0 Å². The van der Waals surface area contributed by atoms with Gasteiger partial charge in [0.15, 0.2) is 0 Å². The minimum absolute atomic E-state index is 0.0801. The van der Waals surface area contributed by atoms with Crippen LogP contribution in [0.15, 0.2) is 0 Å². The van der Waals surface area contributed by atoms with Crippen LogP contribution in [0.25, 0.3) is 0 Å². The van der Waals surface area contributed by atoms with E-state index in [2.05, 4.69) is 16.7 Å². The maximum atomic E-state index is 11.2. The summed E-state index contributed by atoms with van der Waals surface area (Å²) < 4.78 is 0. The van der Waals surface area contributed by atoms with Gasteiger partial charge in [0.1, 0.15) is 0 Å². The number of carbonyl (C=O) groups is 1. The molecule has 0 aromatic rings. The van der Waals surface area contributed by atoms with Crippen LogP contribution in [0.2, 0.25) is 0 Å². The molecule has 2 N–H and O–H groups in total. The van der Waals surface area contributed by atoms with Crippen molar-refractivity contribution >= 4 is 5.97 Å². The monoisotopic (exact) mass is 276 g/mol. The zero-order chi connectivity index (χ0) is 14.3. The fourth-order valence-electron chi connectivity index (χ4n) is 2.17. The quantitative estimate of drug-likeness (QED) is 0.302. The lowest BCUT2D eigenvalue weighted by molar-refractivity contribution is -0.252. The van der Waals surface area contributed by atoms with Gasteiger partial charge in [0.2, 0.25) is 0 Å². The summed E-state index contributed by atoms with van der Waals surface area (Å²) in [5.74, 6) is -1.03. The molecular weight excluding hydrogens is 248 g/mol. The van der Waals surface area contributed by atoms with E-state index in [0.29, 0.717) is 12.8 Å². The summed E-state index contributed by atoms with van der Waals surface area (Å²) in [6.07, 6.45) is 10.6. The summed E-state index contributed by atoms with van der Waals surface area (Å²) >= 11 is 0. The topological polar surface area (TPSA) is 76.0 Å². The molecule has 114 valence electrons. The van der Waals surface area contributed by atoms with E-state index in [4.69, 9.17) is 10.5 Å². The number of hydrogen-bond donors (Lipinski definition) is 2. The Labute approximate surface area is 115 Å². The summed E-state index contributed by atoms with van der Waals surface area (Å²) in [5, 5.41) is 16.6. The van der Waals surface area contributed by atoms with Crippen LogP contribution in [0.1, 0.15) is 71.1 Å². The normalized spacial score (nSPS) is 12.4. The summed E-state index contributed by atoms with van der Waals surface area (Å²) in [7, 11) is 0. The number of carbonyl (C=O) groups excluding carboxylic acids is 1. The first-order valence-electron chi connectivity index (χ1n) is 7.37. The molecule has 5 heteroatoms. The second-order valence-electron chi connectivity index (χ2n) is 4.99. The van der Waals surface area contributed by atoms with Crippen LogP contribution >= 0.6 is 0 Å². The van der Waals surface area contributed by atoms with Gasteiger partial charge in [-0.2, -0.15) is 5.26 Å². The van der Waals surface area contributed by atoms with E-state index in [1.165, 1.54) is 38.5 Å². The molecule has 5 nitrogen and oxygen atoms in total. The minimum atomic E-state index is -0.639. The Kier molecular flexibility index (Phi) is 13.3. The summed E-state index contributed by atoms with van der Waals surface area (Å²) in [5.41, 5.74) is 0. The Morgan fingerprint density at radius 3 is 2.05 bits per heavy atom. The van der Waals surface area contributed by atoms with E-state index < -0.39 is 11.9 Å². The SMILES string of the molecule is CCCCCCCCCCC(CCOO)C(=O)OO. The molecule has 0 saturated heterocycles. The first-order valence-corrected chi connectivity index (χ1v) is 7.37. The molecule has 0 aromatic carbocycles. The molecule has 0 aromatic heterocycles. The molecule has 0 fully saturated rings. The molecule has 0 bridgehead atoms. The highest BCUT2D eigenvalue weighted by atomic mass is 17.1. The summed E-state index contributed by atoms with van der Waals surface area (Å²) in [6.45, 7) is 2.28. The Morgan fingerprint density at radius 1 is 0.947 bits per heavy atom. The van der Waals surface area contributed by atoms with Crippen molar-refractivity contribution in [3.63, 3.8) is 0 Å². The summed E-state index contributed by atoms with van der Waals surface area (Å²) in [4.78, 5) is 19.0. The van der Waals surface area contributed by atoms with Crippen molar-refractivity contribution < 1.29 is 25.1 Å². The van der Waals surface area contributed by atoms with Crippen molar-refractivity contribution in [2.75, 3.05) is 6.61 Å². The molecule has 0 spiro atoms. The van der Waals surface area contributed by atoms with Gasteiger partial charge in [0.25, 0.3) is 0 Å². The Hall–Kier alpha value is -0.650. The van der Waals surface area contributed by atoms with Crippen molar-refractivity contribution in [3.05, 3.63) is 0 Å². The highest BCUT2D eigenvalue weighted by Crippen LogP contribution is 2.17. The molecule has 0 amide bonds. The predicted octanol–water partition coefficient (Wildman–Crippen LogP) is 4.03. The van der Waals surface area contributed by atoms with Crippen molar-refractivity contribution in [1.82, 2.24) is 0 Å². The Balaban J connectivity index is 3.55. The molecule has 19 heavy (non-hydrogen) atoms. The van der Waals surface area contributed by atoms with E-state index in [1.54, 1.807) is 0 Å². The minimum Gasteiger partial charge on any atom is -0.301 e. The third kappa shape index (κ3) is 10.9.